The fourth-order valence-electron chi connectivity index (χ4n) is 1.97. The van der Waals surface area contributed by atoms with Crippen LogP contribution in [0.15, 0.2) is 36.4 Å². The van der Waals surface area contributed by atoms with Crippen molar-refractivity contribution in [1.82, 2.24) is 5.32 Å². The SMILES string of the molecule is CC(NCc1cc(O)cc(F)c1)c1ccc(F)cc1F. The van der Waals surface area contributed by atoms with Crippen molar-refractivity contribution in [2.75, 3.05) is 0 Å². The normalized spacial score (nSPS) is 12.4. The van der Waals surface area contributed by atoms with Gasteiger partial charge in [0.15, 0.2) is 0 Å². The van der Waals surface area contributed by atoms with Crippen LogP contribution in [0.3, 0.4) is 0 Å². The molecule has 1 unspecified atom stereocenters. The Kier molecular flexibility index (Phi) is 4.29. The van der Waals surface area contributed by atoms with Gasteiger partial charge in [0.1, 0.15) is 23.2 Å². The Morgan fingerprint density at radius 3 is 2.45 bits per heavy atom. The number of benzene rings is 2. The zero-order valence-electron chi connectivity index (χ0n) is 10.8. The molecule has 0 amide bonds. The maximum Gasteiger partial charge on any atom is 0.130 e. The molecule has 0 bridgehead atoms. The summed E-state index contributed by atoms with van der Waals surface area (Å²) in [5.41, 5.74) is 0.865. The lowest BCUT2D eigenvalue weighted by atomic mass is 10.1. The third-order valence-electron chi connectivity index (χ3n) is 2.98. The van der Waals surface area contributed by atoms with E-state index in [0.717, 1.165) is 12.1 Å². The molecule has 0 saturated carbocycles. The van der Waals surface area contributed by atoms with Crippen molar-refractivity contribution in [1.29, 1.82) is 0 Å². The van der Waals surface area contributed by atoms with Gasteiger partial charge in [-0.2, -0.15) is 0 Å². The van der Waals surface area contributed by atoms with Gasteiger partial charge in [-0.05, 0) is 30.7 Å². The van der Waals surface area contributed by atoms with Gasteiger partial charge in [-0.15, -0.1) is 0 Å². The van der Waals surface area contributed by atoms with Crippen LogP contribution in [-0.4, -0.2) is 5.11 Å². The van der Waals surface area contributed by atoms with E-state index in [1.165, 1.54) is 24.3 Å². The van der Waals surface area contributed by atoms with Gasteiger partial charge in [0, 0.05) is 30.3 Å². The molecule has 0 heterocycles. The number of nitrogens with one attached hydrogen (secondary N) is 1. The Morgan fingerprint density at radius 1 is 1.05 bits per heavy atom. The third kappa shape index (κ3) is 3.51. The highest BCUT2D eigenvalue weighted by Gasteiger charge is 2.11. The number of hydrogen-bond acceptors (Lipinski definition) is 2. The summed E-state index contributed by atoms with van der Waals surface area (Å²) in [5, 5.41) is 12.3. The molecule has 2 nitrogen and oxygen atoms in total. The van der Waals surface area contributed by atoms with Crippen molar-refractivity contribution in [2.24, 2.45) is 0 Å². The molecule has 0 aliphatic heterocycles. The molecule has 2 aromatic carbocycles. The Balaban J connectivity index is 2.06. The Hall–Kier alpha value is -2.01. The first-order valence-corrected chi connectivity index (χ1v) is 6.12. The lowest BCUT2D eigenvalue weighted by Crippen LogP contribution is -2.19. The van der Waals surface area contributed by atoms with Crippen molar-refractivity contribution in [3.8, 4) is 5.75 Å². The van der Waals surface area contributed by atoms with Crippen LogP contribution in [0, 0.1) is 17.5 Å². The van der Waals surface area contributed by atoms with Gasteiger partial charge in [0.2, 0.25) is 0 Å². The predicted octanol–water partition coefficient (Wildman–Crippen LogP) is 3.66. The average Bonchev–Trinajstić information content (AvgIpc) is 2.35. The standard InChI is InChI=1S/C15H14F3NO/c1-9(14-3-2-11(16)7-15(14)18)19-8-10-4-12(17)6-13(20)5-10/h2-7,9,19-20H,8H2,1H3. The van der Waals surface area contributed by atoms with Crippen molar-refractivity contribution in [2.45, 2.75) is 19.5 Å². The minimum absolute atomic E-state index is 0.164. The lowest BCUT2D eigenvalue weighted by molar-refractivity contribution is 0.465. The maximum atomic E-state index is 13.6. The number of halogens is 3. The van der Waals surface area contributed by atoms with Gasteiger partial charge in [0.05, 0.1) is 0 Å². The van der Waals surface area contributed by atoms with E-state index < -0.39 is 17.5 Å². The molecule has 0 saturated heterocycles. The molecule has 5 heteroatoms. The van der Waals surface area contributed by atoms with Gasteiger partial charge < -0.3 is 10.4 Å². The van der Waals surface area contributed by atoms with E-state index in [-0.39, 0.29) is 18.3 Å². The number of phenols is 1. The van der Waals surface area contributed by atoms with Crippen molar-refractivity contribution < 1.29 is 18.3 Å². The summed E-state index contributed by atoms with van der Waals surface area (Å²) < 4.78 is 39.5. The van der Waals surface area contributed by atoms with Crippen molar-refractivity contribution in [3.63, 3.8) is 0 Å². The Morgan fingerprint density at radius 2 is 1.80 bits per heavy atom. The molecule has 2 rings (SSSR count). The van der Waals surface area contributed by atoms with Crippen LogP contribution in [0.2, 0.25) is 0 Å². The average molecular weight is 281 g/mol. The molecular formula is C15H14F3NO. The second-order valence-corrected chi connectivity index (χ2v) is 4.59. The topological polar surface area (TPSA) is 32.3 Å². The highest BCUT2D eigenvalue weighted by atomic mass is 19.1. The quantitative estimate of drug-likeness (QED) is 0.896. The van der Waals surface area contributed by atoms with Crippen LogP contribution in [0.4, 0.5) is 13.2 Å². The van der Waals surface area contributed by atoms with Crippen LogP contribution in [-0.2, 0) is 6.54 Å². The van der Waals surface area contributed by atoms with E-state index >= 15 is 0 Å². The van der Waals surface area contributed by atoms with Crippen LogP contribution >= 0.6 is 0 Å². The molecule has 0 spiro atoms. The van der Waals surface area contributed by atoms with Gasteiger partial charge >= 0.3 is 0 Å². The zero-order valence-corrected chi connectivity index (χ0v) is 10.8. The highest BCUT2D eigenvalue weighted by Crippen LogP contribution is 2.19. The molecule has 0 fully saturated rings. The molecule has 0 radical (unpaired) electrons. The number of hydrogen-bond donors (Lipinski definition) is 2. The third-order valence-corrected chi connectivity index (χ3v) is 2.98. The monoisotopic (exact) mass is 281 g/mol. The fraction of sp³-hybridized carbons (Fsp3) is 0.200. The van der Waals surface area contributed by atoms with Crippen LogP contribution in [0.5, 0.6) is 5.75 Å². The molecule has 1 atom stereocenters. The van der Waals surface area contributed by atoms with Crippen LogP contribution in [0.1, 0.15) is 24.1 Å². The van der Waals surface area contributed by atoms with Crippen molar-refractivity contribution >= 4 is 0 Å². The van der Waals surface area contributed by atoms with E-state index in [2.05, 4.69) is 5.32 Å². The maximum absolute atomic E-state index is 13.6. The summed E-state index contributed by atoms with van der Waals surface area (Å²) in [6.45, 7) is 1.97. The van der Waals surface area contributed by atoms with Gasteiger partial charge in [-0.1, -0.05) is 6.07 Å². The minimum Gasteiger partial charge on any atom is -0.508 e. The molecule has 2 N–H and O–H groups in total. The van der Waals surface area contributed by atoms with Crippen LogP contribution < -0.4 is 5.32 Å². The first kappa shape index (κ1) is 14.4. The van der Waals surface area contributed by atoms with E-state index in [1.807, 2.05) is 0 Å². The second-order valence-electron chi connectivity index (χ2n) is 4.59. The summed E-state index contributed by atoms with van der Waals surface area (Å²) in [5.74, 6) is -1.97. The van der Waals surface area contributed by atoms with E-state index in [0.29, 0.717) is 11.1 Å². The number of aromatic hydroxyl groups is 1. The summed E-state index contributed by atoms with van der Waals surface area (Å²) in [4.78, 5) is 0. The molecule has 106 valence electrons. The first-order valence-electron chi connectivity index (χ1n) is 6.12. The van der Waals surface area contributed by atoms with Gasteiger partial charge in [0.25, 0.3) is 0 Å². The molecule has 2 aromatic rings. The summed E-state index contributed by atoms with van der Waals surface area (Å²) in [6.07, 6.45) is 0. The molecule has 0 aliphatic rings. The van der Waals surface area contributed by atoms with E-state index in [4.69, 9.17) is 0 Å². The predicted molar refractivity (Wildman–Crippen MR) is 69.7 cm³/mol. The Labute approximate surface area is 114 Å². The number of phenolic OH excluding ortho intramolecular Hbond substituents is 1. The molecule has 0 aliphatic carbocycles. The number of rotatable bonds is 4. The van der Waals surface area contributed by atoms with Crippen LogP contribution in [0.25, 0.3) is 0 Å². The first-order chi connectivity index (χ1) is 9.45. The van der Waals surface area contributed by atoms with Crippen molar-refractivity contribution in [3.05, 3.63) is 65.0 Å². The Bertz CT molecular complexity index is 596. The van der Waals surface area contributed by atoms with E-state index in [9.17, 15) is 18.3 Å². The minimum atomic E-state index is -0.632. The molecule has 0 aromatic heterocycles. The zero-order chi connectivity index (χ0) is 14.7. The fourth-order valence-corrected chi connectivity index (χ4v) is 1.97. The highest BCUT2D eigenvalue weighted by molar-refractivity contribution is 5.28. The second kappa shape index (κ2) is 5.96. The lowest BCUT2D eigenvalue weighted by Gasteiger charge is -2.15. The van der Waals surface area contributed by atoms with E-state index in [1.54, 1.807) is 6.92 Å². The summed E-state index contributed by atoms with van der Waals surface area (Å²) in [7, 11) is 0. The summed E-state index contributed by atoms with van der Waals surface area (Å²) >= 11 is 0. The summed E-state index contributed by atoms with van der Waals surface area (Å²) in [6, 6.07) is 6.70. The molecular weight excluding hydrogens is 267 g/mol. The molecule has 20 heavy (non-hydrogen) atoms. The largest absolute Gasteiger partial charge is 0.508 e. The van der Waals surface area contributed by atoms with Gasteiger partial charge in [-0.25, -0.2) is 13.2 Å². The smallest absolute Gasteiger partial charge is 0.130 e. The van der Waals surface area contributed by atoms with Gasteiger partial charge in [-0.3, -0.25) is 0 Å².